The molecule has 128 valence electrons. The molecule has 0 unspecified atom stereocenters. The minimum absolute atomic E-state index is 0. The van der Waals surface area contributed by atoms with Gasteiger partial charge in [0.15, 0.2) is 0 Å². The van der Waals surface area contributed by atoms with Crippen molar-refractivity contribution in [1.82, 2.24) is 10.6 Å². The Bertz CT molecular complexity index is 516. The van der Waals surface area contributed by atoms with Gasteiger partial charge in [-0.25, -0.2) is 0 Å². The van der Waals surface area contributed by atoms with E-state index in [9.17, 15) is 9.59 Å². The first kappa shape index (κ1) is 19.5. The largest absolute Gasteiger partial charge is 0.352 e. The van der Waals surface area contributed by atoms with E-state index in [2.05, 4.69) is 16.0 Å². The van der Waals surface area contributed by atoms with E-state index >= 15 is 0 Å². The zero-order valence-corrected chi connectivity index (χ0v) is 14.4. The number of halogens is 1. The maximum absolute atomic E-state index is 11.9. The summed E-state index contributed by atoms with van der Waals surface area (Å²) < 4.78 is 0. The van der Waals surface area contributed by atoms with Gasteiger partial charge >= 0.3 is 0 Å². The SMILES string of the molecule is CC(=O)Nc1cccc(CNC(=O)CCC2CCNCC2)c1.Cl. The Morgan fingerprint density at radius 1 is 1.26 bits per heavy atom. The predicted molar refractivity (Wildman–Crippen MR) is 94.7 cm³/mol. The average molecular weight is 340 g/mol. The molecule has 0 saturated carbocycles. The molecule has 0 bridgehead atoms. The number of rotatable bonds is 6. The van der Waals surface area contributed by atoms with Crippen LogP contribution in [-0.2, 0) is 16.1 Å². The van der Waals surface area contributed by atoms with Crippen LogP contribution in [0.1, 0.15) is 38.2 Å². The number of nitrogens with one attached hydrogen (secondary N) is 3. The molecular formula is C17H26ClN3O2. The molecule has 1 heterocycles. The fourth-order valence-corrected chi connectivity index (χ4v) is 2.76. The van der Waals surface area contributed by atoms with Gasteiger partial charge in [-0.05, 0) is 56.0 Å². The highest BCUT2D eigenvalue weighted by Crippen LogP contribution is 2.17. The van der Waals surface area contributed by atoms with E-state index in [4.69, 9.17) is 0 Å². The average Bonchev–Trinajstić information content (AvgIpc) is 2.52. The third-order valence-electron chi connectivity index (χ3n) is 3.98. The second-order valence-electron chi connectivity index (χ2n) is 5.89. The van der Waals surface area contributed by atoms with Crippen molar-refractivity contribution in [3.8, 4) is 0 Å². The van der Waals surface area contributed by atoms with Gasteiger partial charge in [-0.1, -0.05) is 12.1 Å². The fraction of sp³-hybridized carbons (Fsp3) is 0.529. The maximum atomic E-state index is 11.9. The lowest BCUT2D eigenvalue weighted by atomic mass is 9.93. The molecule has 2 rings (SSSR count). The zero-order chi connectivity index (χ0) is 15.8. The summed E-state index contributed by atoms with van der Waals surface area (Å²) in [7, 11) is 0. The van der Waals surface area contributed by atoms with Gasteiger partial charge < -0.3 is 16.0 Å². The molecule has 23 heavy (non-hydrogen) atoms. The maximum Gasteiger partial charge on any atom is 0.221 e. The molecule has 3 N–H and O–H groups in total. The predicted octanol–water partition coefficient (Wildman–Crippen LogP) is 2.46. The van der Waals surface area contributed by atoms with Crippen LogP contribution < -0.4 is 16.0 Å². The zero-order valence-electron chi connectivity index (χ0n) is 13.6. The van der Waals surface area contributed by atoms with Crippen molar-refractivity contribution in [3.63, 3.8) is 0 Å². The van der Waals surface area contributed by atoms with E-state index in [1.165, 1.54) is 19.8 Å². The first-order valence-corrected chi connectivity index (χ1v) is 7.97. The number of anilines is 1. The van der Waals surface area contributed by atoms with Gasteiger partial charge in [-0.15, -0.1) is 12.4 Å². The van der Waals surface area contributed by atoms with Crippen LogP contribution in [0.25, 0.3) is 0 Å². The minimum Gasteiger partial charge on any atom is -0.352 e. The monoisotopic (exact) mass is 339 g/mol. The van der Waals surface area contributed by atoms with Gasteiger partial charge in [0.2, 0.25) is 11.8 Å². The molecule has 2 amide bonds. The van der Waals surface area contributed by atoms with Crippen molar-refractivity contribution in [2.24, 2.45) is 5.92 Å². The van der Waals surface area contributed by atoms with Crippen molar-refractivity contribution in [1.29, 1.82) is 0 Å². The van der Waals surface area contributed by atoms with E-state index in [-0.39, 0.29) is 24.2 Å². The van der Waals surface area contributed by atoms with Crippen molar-refractivity contribution in [3.05, 3.63) is 29.8 Å². The Morgan fingerprint density at radius 2 is 2.00 bits per heavy atom. The summed E-state index contributed by atoms with van der Waals surface area (Å²) >= 11 is 0. The molecule has 1 aliphatic rings. The van der Waals surface area contributed by atoms with Gasteiger partial charge in [0, 0.05) is 25.6 Å². The van der Waals surface area contributed by atoms with Crippen molar-refractivity contribution < 1.29 is 9.59 Å². The van der Waals surface area contributed by atoms with Crippen LogP contribution in [0.2, 0.25) is 0 Å². The Kier molecular flexibility index (Phi) is 8.66. The third-order valence-corrected chi connectivity index (χ3v) is 3.98. The van der Waals surface area contributed by atoms with Gasteiger partial charge in [0.05, 0.1) is 0 Å². The number of hydrogen-bond acceptors (Lipinski definition) is 3. The Balaban J connectivity index is 0.00000264. The van der Waals surface area contributed by atoms with E-state index in [1.54, 1.807) is 0 Å². The number of benzene rings is 1. The first-order chi connectivity index (χ1) is 10.6. The molecule has 0 radical (unpaired) electrons. The van der Waals surface area contributed by atoms with Gasteiger partial charge in [0.25, 0.3) is 0 Å². The molecule has 1 aromatic rings. The molecule has 5 nitrogen and oxygen atoms in total. The van der Waals surface area contributed by atoms with Crippen LogP contribution in [0.4, 0.5) is 5.69 Å². The third kappa shape index (κ3) is 7.48. The quantitative estimate of drug-likeness (QED) is 0.745. The molecule has 1 fully saturated rings. The Morgan fingerprint density at radius 3 is 2.70 bits per heavy atom. The molecule has 1 aliphatic heterocycles. The lowest BCUT2D eigenvalue weighted by Crippen LogP contribution is -2.29. The molecule has 6 heteroatoms. The molecule has 0 aromatic heterocycles. The minimum atomic E-state index is -0.0943. The summed E-state index contributed by atoms with van der Waals surface area (Å²) in [6.45, 7) is 4.12. The summed E-state index contributed by atoms with van der Waals surface area (Å²) in [5.41, 5.74) is 1.75. The van der Waals surface area contributed by atoms with E-state index in [0.717, 1.165) is 30.8 Å². The van der Waals surface area contributed by atoms with Crippen molar-refractivity contribution >= 4 is 29.9 Å². The number of carbonyl (C=O) groups excluding carboxylic acids is 2. The number of piperidine rings is 1. The second kappa shape index (κ2) is 10.2. The number of amides is 2. The lowest BCUT2D eigenvalue weighted by molar-refractivity contribution is -0.121. The molecule has 1 aromatic carbocycles. The highest BCUT2D eigenvalue weighted by molar-refractivity contribution is 5.88. The summed E-state index contributed by atoms with van der Waals surface area (Å²) in [5, 5.41) is 9.03. The first-order valence-electron chi connectivity index (χ1n) is 7.97. The molecular weight excluding hydrogens is 314 g/mol. The molecule has 0 aliphatic carbocycles. The van der Waals surface area contributed by atoms with Gasteiger partial charge in [0.1, 0.15) is 0 Å². The number of carbonyl (C=O) groups is 2. The van der Waals surface area contributed by atoms with Crippen LogP contribution in [-0.4, -0.2) is 24.9 Å². The van der Waals surface area contributed by atoms with Crippen LogP contribution in [0.3, 0.4) is 0 Å². The van der Waals surface area contributed by atoms with E-state index in [0.29, 0.717) is 18.9 Å². The van der Waals surface area contributed by atoms with Crippen molar-refractivity contribution in [2.75, 3.05) is 18.4 Å². The normalized spacial score (nSPS) is 14.7. The second-order valence-corrected chi connectivity index (χ2v) is 5.89. The molecule has 0 spiro atoms. The fourth-order valence-electron chi connectivity index (χ4n) is 2.76. The Labute approximate surface area is 144 Å². The van der Waals surface area contributed by atoms with Crippen LogP contribution in [0.5, 0.6) is 0 Å². The highest BCUT2D eigenvalue weighted by Gasteiger charge is 2.14. The van der Waals surface area contributed by atoms with E-state index < -0.39 is 0 Å². The van der Waals surface area contributed by atoms with E-state index in [1.807, 2.05) is 24.3 Å². The van der Waals surface area contributed by atoms with Gasteiger partial charge in [-0.2, -0.15) is 0 Å². The van der Waals surface area contributed by atoms with Crippen molar-refractivity contribution in [2.45, 2.75) is 39.2 Å². The topological polar surface area (TPSA) is 70.2 Å². The number of hydrogen-bond donors (Lipinski definition) is 3. The molecule has 1 saturated heterocycles. The highest BCUT2D eigenvalue weighted by atomic mass is 35.5. The van der Waals surface area contributed by atoms with Gasteiger partial charge in [-0.3, -0.25) is 9.59 Å². The van der Waals surface area contributed by atoms with Crippen LogP contribution in [0, 0.1) is 5.92 Å². The lowest BCUT2D eigenvalue weighted by Gasteiger charge is -2.22. The summed E-state index contributed by atoms with van der Waals surface area (Å²) in [6, 6.07) is 7.54. The smallest absolute Gasteiger partial charge is 0.221 e. The Hall–Kier alpha value is -1.59. The van der Waals surface area contributed by atoms with Crippen LogP contribution in [0.15, 0.2) is 24.3 Å². The summed E-state index contributed by atoms with van der Waals surface area (Å²) in [6.07, 6.45) is 3.91. The summed E-state index contributed by atoms with van der Waals surface area (Å²) in [4.78, 5) is 23.0. The van der Waals surface area contributed by atoms with Crippen LogP contribution >= 0.6 is 12.4 Å². The molecule has 0 atom stereocenters. The standard InChI is InChI=1S/C17H25N3O2.ClH/c1-13(21)20-16-4-2-3-15(11-16)12-19-17(22)6-5-14-7-9-18-10-8-14;/h2-4,11,14,18H,5-10,12H2,1H3,(H,19,22)(H,20,21);1H. The summed E-state index contributed by atoms with van der Waals surface area (Å²) in [5.74, 6) is 0.682.